The van der Waals surface area contributed by atoms with Gasteiger partial charge in [0.15, 0.2) is 17.3 Å². The normalized spacial score (nSPS) is 14.4. The maximum Gasteiger partial charge on any atom is 0.248 e. The van der Waals surface area contributed by atoms with Crippen molar-refractivity contribution in [2.24, 2.45) is 0 Å². The number of nitrogens with one attached hydrogen (secondary N) is 1. The van der Waals surface area contributed by atoms with Crippen LogP contribution in [0.3, 0.4) is 0 Å². The molecule has 3 rings (SSSR count). The maximum absolute atomic E-state index is 12.2. The third kappa shape index (κ3) is 3.56. The van der Waals surface area contributed by atoms with E-state index in [1.54, 1.807) is 26.0 Å². The van der Waals surface area contributed by atoms with E-state index in [2.05, 4.69) is 15.5 Å². The Kier molecular flexibility index (Phi) is 4.38. The van der Waals surface area contributed by atoms with E-state index in [1.165, 1.54) is 0 Å². The van der Waals surface area contributed by atoms with Crippen LogP contribution in [0.4, 0.5) is 0 Å². The fraction of sp³-hybridized carbons (Fsp3) is 0.400. The van der Waals surface area contributed by atoms with Gasteiger partial charge in [-0.1, -0.05) is 16.8 Å². The zero-order valence-corrected chi connectivity index (χ0v) is 13.5. The summed E-state index contributed by atoms with van der Waals surface area (Å²) in [5.41, 5.74) is 0.741. The van der Waals surface area contributed by atoms with Crippen molar-refractivity contribution in [2.45, 2.75) is 26.3 Å². The van der Waals surface area contributed by atoms with Gasteiger partial charge in [0, 0.05) is 0 Å². The number of hydrogen-bond acceptors (Lipinski definition) is 6. The molecule has 1 aromatic carbocycles. The van der Waals surface area contributed by atoms with Gasteiger partial charge in [-0.25, -0.2) is 0 Å². The van der Waals surface area contributed by atoms with Crippen molar-refractivity contribution in [3.8, 4) is 11.5 Å². The minimum absolute atomic E-state index is 0.161. The summed E-state index contributed by atoms with van der Waals surface area (Å²) >= 11 is 6.17. The molecule has 122 valence electrons. The topological polar surface area (TPSA) is 86.5 Å². The smallest absolute Gasteiger partial charge is 0.248 e. The van der Waals surface area contributed by atoms with Gasteiger partial charge >= 0.3 is 0 Å². The summed E-state index contributed by atoms with van der Waals surface area (Å²) in [5.74, 6) is 1.81. The molecule has 1 aliphatic rings. The lowest BCUT2D eigenvalue weighted by atomic mass is 10.1. The standard InChI is InChI=1S/C15H16ClN3O4/c1-8(15-18-9(2)19-23-15)17-13(20)7-10-5-11(16)14-12(6-10)21-3-4-22-14/h5-6,8H,3-4,7H2,1-2H3,(H,17,20)/t8-/m1/s1. The van der Waals surface area contributed by atoms with Gasteiger partial charge in [-0.3, -0.25) is 4.79 Å². The number of aryl methyl sites for hydroxylation is 1. The highest BCUT2D eigenvalue weighted by Gasteiger charge is 2.19. The Labute approximate surface area is 137 Å². The SMILES string of the molecule is Cc1noc([C@@H](C)NC(=O)Cc2cc(Cl)c3c(c2)OCCO3)n1. The third-order valence-corrected chi connectivity index (χ3v) is 3.59. The Morgan fingerprint density at radius 2 is 2.17 bits per heavy atom. The molecule has 0 saturated heterocycles. The molecule has 0 bridgehead atoms. The number of benzene rings is 1. The molecule has 0 fully saturated rings. The van der Waals surface area contributed by atoms with Crippen molar-refractivity contribution in [2.75, 3.05) is 13.2 Å². The van der Waals surface area contributed by atoms with Crippen LogP contribution in [0.2, 0.25) is 5.02 Å². The first-order valence-electron chi connectivity index (χ1n) is 7.20. The van der Waals surface area contributed by atoms with E-state index in [1.807, 2.05) is 0 Å². The molecule has 1 N–H and O–H groups in total. The second-order valence-corrected chi connectivity index (χ2v) is 5.65. The van der Waals surface area contributed by atoms with Gasteiger partial charge in [0.1, 0.15) is 19.3 Å². The van der Waals surface area contributed by atoms with Crippen molar-refractivity contribution in [3.63, 3.8) is 0 Å². The Bertz CT molecular complexity index is 732. The van der Waals surface area contributed by atoms with Gasteiger partial charge in [0.25, 0.3) is 0 Å². The summed E-state index contributed by atoms with van der Waals surface area (Å²) in [4.78, 5) is 16.3. The number of carbonyl (C=O) groups excluding carboxylic acids is 1. The first-order chi connectivity index (χ1) is 11.0. The molecule has 0 saturated carbocycles. The number of hydrogen-bond donors (Lipinski definition) is 1. The van der Waals surface area contributed by atoms with Gasteiger partial charge in [-0.15, -0.1) is 0 Å². The van der Waals surface area contributed by atoms with Crippen LogP contribution in [-0.4, -0.2) is 29.3 Å². The van der Waals surface area contributed by atoms with Crippen LogP contribution in [0.15, 0.2) is 16.7 Å². The molecule has 0 radical (unpaired) electrons. The van der Waals surface area contributed by atoms with E-state index in [0.717, 1.165) is 5.56 Å². The highest BCUT2D eigenvalue weighted by atomic mass is 35.5. The van der Waals surface area contributed by atoms with Crippen molar-refractivity contribution in [1.82, 2.24) is 15.5 Å². The third-order valence-electron chi connectivity index (χ3n) is 3.31. The highest BCUT2D eigenvalue weighted by Crippen LogP contribution is 2.38. The van der Waals surface area contributed by atoms with Crippen LogP contribution in [0.5, 0.6) is 11.5 Å². The summed E-state index contributed by atoms with van der Waals surface area (Å²) in [7, 11) is 0. The highest BCUT2D eigenvalue weighted by molar-refractivity contribution is 6.32. The molecule has 2 aromatic rings. The van der Waals surface area contributed by atoms with Gasteiger partial charge < -0.3 is 19.3 Å². The first-order valence-corrected chi connectivity index (χ1v) is 7.58. The Hall–Kier alpha value is -2.28. The fourth-order valence-electron chi connectivity index (χ4n) is 2.29. The Morgan fingerprint density at radius 1 is 1.39 bits per heavy atom. The quantitative estimate of drug-likeness (QED) is 0.920. The molecule has 0 spiro atoms. The van der Waals surface area contributed by atoms with Crippen LogP contribution >= 0.6 is 11.6 Å². The molecular formula is C15H16ClN3O4. The van der Waals surface area contributed by atoms with Crippen LogP contribution in [0.1, 0.15) is 30.2 Å². The van der Waals surface area contributed by atoms with Gasteiger partial charge in [-0.2, -0.15) is 4.98 Å². The molecule has 23 heavy (non-hydrogen) atoms. The number of rotatable bonds is 4. The molecular weight excluding hydrogens is 322 g/mol. The lowest BCUT2D eigenvalue weighted by molar-refractivity contribution is -0.121. The van der Waals surface area contributed by atoms with E-state index in [4.69, 9.17) is 25.6 Å². The summed E-state index contributed by atoms with van der Waals surface area (Å²) < 4.78 is 16.0. The van der Waals surface area contributed by atoms with E-state index in [9.17, 15) is 4.79 Å². The monoisotopic (exact) mass is 337 g/mol. The molecule has 8 heteroatoms. The van der Waals surface area contributed by atoms with E-state index >= 15 is 0 Å². The summed E-state index contributed by atoms with van der Waals surface area (Å²) in [6.07, 6.45) is 0.161. The van der Waals surface area contributed by atoms with Crippen LogP contribution < -0.4 is 14.8 Å². The minimum atomic E-state index is -0.364. The molecule has 0 aliphatic carbocycles. The second kappa shape index (κ2) is 6.45. The van der Waals surface area contributed by atoms with Gasteiger partial charge in [0.05, 0.1) is 11.4 Å². The maximum atomic E-state index is 12.2. The van der Waals surface area contributed by atoms with Crippen LogP contribution in [-0.2, 0) is 11.2 Å². The minimum Gasteiger partial charge on any atom is -0.486 e. The Morgan fingerprint density at radius 3 is 2.91 bits per heavy atom. The van der Waals surface area contributed by atoms with Crippen molar-refractivity contribution in [1.29, 1.82) is 0 Å². The number of amides is 1. The number of halogens is 1. The van der Waals surface area contributed by atoms with E-state index in [-0.39, 0.29) is 18.4 Å². The lowest BCUT2D eigenvalue weighted by Crippen LogP contribution is -2.28. The molecule has 1 atom stereocenters. The largest absolute Gasteiger partial charge is 0.486 e. The fourth-order valence-corrected chi connectivity index (χ4v) is 2.58. The van der Waals surface area contributed by atoms with Crippen LogP contribution in [0.25, 0.3) is 0 Å². The molecule has 1 aromatic heterocycles. The number of carbonyl (C=O) groups is 1. The molecule has 0 unspecified atom stereocenters. The second-order valence-electron chi connectivity index (χ2n) is 5.25. The molecule has 7 nitrogen and oxygen atoms in total. The summed E-state index contributed by atoms with van der Waals surface area (Å²) in [6, 6.07) is 3.11. The summed E-state index contributed by atoms with van der Waals surface area (Å²) in [6.45, 7) is 4.43. The van der Waals surface area contributed by atoms with E-state index in [0.29, 0.717) is 41.5 Å². The average molecular weight is 338 g/mol. The lowest BCUT2D eigenvalue weighted by Gasteiger charge is -2.20. The number of aromatic nitrogens is 2. The van der Waals surface area contributed by atoms with Gasteiger partial charge in [0.2, 0.25) is 11.8 Å². The zero-order valence-electron chi connectivity index (χ0n) is 12.8. The van der Waals surface area contributed by atoms with Gasteiger partial charge in [-0.05, 0) is 31.5 Å². The number of ether oxygens (including phenoxy) is 2. The molecule has 1 aliphatic heterocycles. The zero-order chi connectivity index (χ0) is 16.4. The van der Waals surface area contributed by atoms with Crippen LogP contribution in [0, 0.1) is 6.92 Å². The molecule has 2 heterocycles. The number of nitrogens with zero attached hydrogens (tertiary/aromatic N) is 2. The van der Waals surface area contributed by atoms with Crippen molar-refractivity contribution in [3.05, 3.63) is 34.4 Å². The predicted molar refractivity (Wildman–Crippen MR) is 81.7 cm³/mol. The summed E-state index contributed by atoms with van der Waals surface area (Å²) in [5, 5.41) is 6.95. The Balaban J connectivity index is 1.67. The first kappa shape index (κ1) is 15.6. The average Bonchev–Trinajstić information content (AvgIpc) is 2.94. The van der Waals surface area contributed by atoms with Crippen molar-refractivity contribution < 1.29 is 18.8 Å². The number of fused-ring (bicyclic) bond motifs is 1. The van der Waals surface area contributed by atoms with E-state index < -0.39 is 0 Å². The molecule has 1 amide bonds. The van der Waals surface area contributed by atoms with Crippen molar-refractivity contribution >= 4 is 17.5 Å². The predicted octanol–water partition coefficient (Wildman–Crippen LogP) is 2.22.